The van der Waals surface area contributed by atoms with Crippen LogP contribution in [-0.4, -0.2) is 44.9 Å². The summed E-state index contributed by atoms with van der Waals surface area (Å²) in [5.41, 5.74) is 2.95. The Hall–Kier alpha value is -3.66. The number of nitrogens with zero attached hydrogens (tertiary/aromatic N) is 3. The van der Waals surface area contributed by atoms with Crippen molar-refractivity contribution in [1.82, 2.24) is 19.9 Å². The molecule has 4 aromatic rings. The van der Waals surface area contributed by atoms with Gasteiger partial charge in [-0.3, -0.25) is 0 Å². The Bertz CT molecular complexity index is 1270. The number of H-pyrrole nitrogens is 1. The molecule has 8 nitrogen and oxygen atoms in total. The van der Waals surface area contributed by atoms with E-state index in [1.54, 1.807) is 24.4 Å². The van der Waals surface area contributed by atoms with Crippen molar-refractivity contribution in [2.75, 3.05) is 19.8 Å². The smallest absolute Gasteiger partial charge is 0.317 e. The molecule has 2 N–H and O–H groups in total. The zero-order chi connectivity index (χ0) is 24.3. The molecular formula is C26H25FN4O4. The van der Waals surface area contributed by atoms with E-state index in [1.807, 2.05) is 37.3 Å². The first-order valence-electron chi connectivity index (χ1n) is 11.2. The van der Waals surface area contributed by atoms with Gasteiger partial charge < -0.3 is 24.3 Å². The van der Waals surface area contributed by atoms with E-state index < -0.39 is 11.7 Å². The molecule has 1 fully saturated rings. The summed E-state index contributed by atoms with van der Waals surface area (Å²) < 4.78 is 31.1. The van der Waals surface area contributed by atoms with Gasteiger partial charge in [-0.2, -0.15) is 4.98 Å². The van der Waals surface area contributed by atoms with Crippen molar-refractivity contribution in [3.05, 3.63) is 84.1 Å². The molecule has 0 aliphatic carbocycles. The highest BCUT2D eigenvalue weighted by Crippen LogP contribution is 2.35. The summed E-state index contributed by atoms with van der Waals surface area (Å²) >= 11 is 0. The summed E-state index contributed by atoms with van der Waals surface area (Å²) in [6.07, 6.45) is 0.871. The fourth-order valence-electron chi connectivity index (χ4n) is 3.67. The van der Waals surface area contributed by atoms with Crippen LogP contribution in [0.3, 0.4) is 0 Å². The van der Waals surface area contributed by atoms with Gasteiger partial charge in [0.1, 0.15) is 12.4 Å². The second-order valence-corrected chi connectivity index (χ2v) is 8.77. The first-order valence-corrected chi connectivity index (χ1v) is 11.2. The van der Waals surface area contributed by atoms with E-state index in [-0.39, 0.29) is 18.4 Å². The monoisotopic (exact) mass is 476 g/mol. The Balaban J connectivity index is 1.46. The predicted octanol–water partition coefficient (Wildman–Crippen LogP) is 4.30. The molecule has 9 heteroatoms. The number of hydrogen-bond donors (Lipinski definition) is 2. The van der Waals surface area contributed by atoms with Crippen LogP contribution in [0.15, 0.2) is 66.9 Å². The van der Waals surface area contributed by atoms with Gasteiger partial charge in [-0.25, -0.2) is 14.4 Å². The first-order chi connectivity index (χ1) is 17.0. The highest BCUT2D eigenvalue weighted by Gasteiger charge is 2.34. The molecule has 1 saturated heterocycles. The standard InChI is InChI=1S/C26H25FN4O4/c1-26(14-32)15-34-24(35-16-26)23-30-21(18-7-9-19(27)10-8-18)22(31-23)20-11-12-28-25(29-20)33-13-17-5-3-2-4-6-17/h2-12,24,32H,13-16H2,1H3,(H,30,31). The lowest BCUT2D eigenvalue weighted by molar-refractivity contribution is -0.239. The van der Waals surface area contributed by atoms with E-state index in [2.05, 4.69) is 15.0 Å². The van der Waals surface area contributed by atoms with Crippen LogP contribution in [0.4, 0.5) is 4.39 Å². The normalized spacial score (nSPS) is 20.0. The average Bonchev–Trinajstić information content (AvgIpc) is 3.35. The molecular weight excluding hydrogens is 451 g/mol. The Morgan fingerprint density at radius 3 is 2.51 bits per heavy atom. The number of benzene rings is 2. The molecule has 0 amide bonds. The lowest BCUT2D eigenvalue weighted by atomic mass is 9.94. The van der Waals surface area contributed by atoms with E-state index >= 15 is 0 Å². The summed E-state index contributed by atoms with van der Waals surface area (Å²) in [6, 6.07) is 17.8. The van der Waals surface area contributed by atoms with E-state index in [0.29, 0.717) is 48.3 Å². The molecule has 0 radical (unpaired) electrons. The Labute approximate surface area is 201 Å². The minimum atomic E-state index is -0.738. The number of nitrogens with one attached hydrogen (secondary N) is 1. The van der Waals surface area contributed by atoms with Gasteiger partial charge in [-0.1, -0.05) is 37.3 Å². The highest BCUT2D eigenvalue weighted by atomic mass is 19.1. The van der Waals surface area contributed by atoms with Gasteiger partial charge >= 0.3 is 6.01 Å². The molecule has 0 spiro atoms. The zero-order valence-corrected chi connectivity index (χ0v) is 19.1. The van der Waals surface area contributed by atoms with E-state index in [4.69, 9.17) is 19.2 Å². The number of aromatic amines is 1. The number of aliphatic hydroxyl groups excluding tert-OH is 1. The zero-order valence-electron chi connectivity index (χ0n) is 19.1. The SMILES string of the molecule is CC1(CO)COC(c2nc(-c3ccc(F)cc3)c(-c3ccnc(OCc4ccccc4)n3)[nH]2)OC1. The van der Waals surface area contributed by atoms with Crippen molar-refractivity contribution in [2.24, 2.45) is 5.41 Å². The van der Waals surface area contributed by atoms with Crippen LogP contribution in [0.5, 0.6) is 6.01 Å². The van der Waals surface area contributed by atoms with Gasteiger partial charge in [0.15, 0.2) is 5.82 Å². The fraction of sp³-hybridized carbons (Fsp3) is 0.269. The van der Waals surface area contributed by atoms with Gasteiger partial charge in [0.2, 0.25) is 6.29 Å². The van der Waals surface area contributed by atoms with Crippen molar-refractivity contribution < 1.29 is 23.7 Å². The van der Waals surface area contributed by atoms with Crippen molar-refractivity contribution in [1.29, 1.82) is 0 Å². The average molecular weight is 477 g/mol. The van der Waals surface area contributed by atoms with Crippen LogP contribution in [0.2, 0.25) is 0 Å². The maximum Gasteiger partial charge on any atom is 0.317 e. The van der Waals surface area contributed by atoms with Crippen molar-refractivity contribution in [3.63, 3.8) is 0 Å². The molecule has 5 rings (SSSR count). The second kappa shape index (κ2) is 9.91. The molecule has 0 saturated carbocycles. The Morgan fingerprint density at radius 2 is 1.80 bits per heavy atom. The van der Waals surface area contributed by atoms with Crippen molar-refractivity contribution in [2.45, 2.75) is 19.8 Å². The second-order valence-electron chi connectivity index (χ2n) is 8.77. The predicted molar refractivity (Wildman–Crippen MR) is 126 cm³/mol. The van der Waals surface area contributed by atoms with Crippen molar-refractivity contribution >= 4 is 0 Å². The third-order valence-corrected chi connectivity index (χ3v) is 5.71. The molecule has 180 valence electrons. The summed E-state index contributed by atoms with van der Waals surface area (Å²) in [5.74, 6) is 0.108. The van der Waals surface area contributed by atoms with Gasteiger partial charge in [0.05, 0.1) is 36.9 Å². The van der Waals surface area contributed by atoms with Crippen molar-refractivity contribution in [3.8, 4) is 28.7 Å². The largest absolute Gasteiger partial charge is 0.459 e. The summed E-state index contributed by atoms with van der Waals surface area (Å²) in [5, 5.41) is 9.58. The minimum Gasteiger partial charge on any atom is -0.459 e. The summed E-state index contributed by atoms with van der Waals surface area (Å²) in [4.78, 5) is 16.8. The molecule has 1 aliphatic rings. The van der Waals surface area contributed by atoms with Crippen LogP contribution in [0.25, 0.3) is 22.6 Å². The number of rotatable bonds is 7. The lowest BCUT2D eigenvalue weighted by Gasteiger charge is -2.35. The fourth-order valence-corrected chi connectivity index (χ4v) is 3.67. The topological polar surface area (TPSA) is 102 Å². The van der Waals surface area contributed by atoms with E-state index in [9.17, 15) is 9.50 Å². The summed E-state index contributed by atoms with van der Waals surface area (Å²) in [7, 11) is 0. The lowest BCUT2D eigenvalue weighted by Crippen LogP contribution is -2.39. The van der Waals surface area contributed by atoms with Crippen LogP contribution in [0, 0.1) is 11.2 Å². The molecule has 35 heavy (non-hydrogen) atoms. The van der Waals surface area contributed by atoms with Gasteiger partial charge in [0, 0.05) is 17.2 Å². The van der Waals surface area contributed by atoms with E-state index in [1.165, 1.54) is 12.1 Å². The van der Waals surface area contributed by atoms with Crippen LogP contribution in [0.1, 0.15) is 24.6 Å². The number of hydrogen-bond acceptors (Lipinski definition) is 7. The number of aliphatic hydroxyl groups is 1. The summed E-state index contributed by atoms with van der Waals surface area (Å²) in [6.45, 7) is 2.81. The Kier molecular flexibility index (Phi) is 6.54. The van der Waals surface area contributed by atoms with Crippen LogP contribution >= 0.6 is 0 Å². The van der Waals surface area contributed by atoms with E-state index in [0.717, 1.165) is 5.56 Å². The van der Waals surface area contributed by atoms with Gasteiger partial charge in [-0.15, -0.1) is 0 Å². The molecule has 2 aromatic heterocycles. The molecule has 3 heterocycles. The third kappa shape index (κ3) is 5.22. The molecule has 0 bridgehead atoms. The third-order valence-electron chi connectivity index (χ3n) is 5.71. The molecule has 2 aromatic carbocycles. The molecule has 0 unspecified atom stereocenters. The van der Waals surface area contributed by atoms with Crippen LogP contribution < -0.4 is 4.74 Å². The quantitative estimate of drug-likeness (QED) is 0.410. The number of ether oxygens (including phenoxy) is 3. The maximum absolute atomic E-state index is 13.6. The number of halogens is 1. The number of imidazole rings is 1. The van der Waals surface area contributed by atoms with Gasteiger partial charge in [-0.05, 0) is 35.9 Å². The van der Waals surface area contributed by atoms with Gasteiger partial charge in [0.25, 0.3) is 0 Å². The number of aromatic nitrogens is 4. The highest BCUT2D eigenvalue weighted by molar-refractivity contribution is 5.76. The molecule has 0 atom stereocenters. The Morgan fingerprint density at radius 1 is 1.06 bits per heavy atom. The van der Waals surface area contributed by atoms with Crippen LogP contribution in [-0.2, 0) is 16.1 Å². The first kappa shape index (κ1) is 23.1. The maximum atomic E-state index is 13.6. The minimum absolute atomic E-state index is 0.0450. The molecule has 1 aliphatic heterocycles.